The first-order valence-electron chi connectivity index (χ1n) is 8.68. The minimum Gasteiger partial charge on any atom is -0.469 e. The molecule has 1 aromatic rings. The molecular formula is C19H21NO5. The molecule has 3 atom stereocenters. The predicted molar refractivity (Wildman–Crippen MR) is 88.4 cm³/mol. The Morgan fingerprint density at radius 2 is 2.16 bits per heavy atom. The Kier molecular flexibility index (Phi) is 3.78. The number of hydrogen-bond donors (Lipinski definition) is 1. The average molecular weight is 343 g/mol. The molecule has 4 rings (SSSR count). The number of benzene rings is 1. The van der Waals surface area contributed by atoms with Crippen LogP contribution in [0.2, 0.25) is 0 Å². The Balaban J connectivity index is 1.54. The number of carbonyl (C=O) groups is 3. The molecule has 0 radical (unpaired) electrons. The number of alkyl carbamates (subject to hydrolysis) is 1. The summed E-state index contributed by atoms with van der Waals surface area (Å²) < 4.78 is 9.86. The van der Waals surface area contributed by atoms with E-state index in [0.29, 0.717) is 18.9 Å². The van der Waals surface area contributed by atoms with Crippen molar-refractivity contribution in [3.05, 3.63) is 34.9 Å². The van der Waals surface area contributed by atoms with Crippen LogP contribution in [0.15, 0.2) is 18.2 Å². The summed E-state index contributed by atoms with van der Waals surface area (Å²) in [4.78, 5) is 35.6. The van der Waals surface area contributed by atoms with E-state index in [1.165, 1.54) is 7.11 Å². The molecule has 0 aromatic heterocycles. The molecule has 1 N–H and O–H groups in total. The van der Waals surface area contributed by atoms with Crippen LogP contribution >= 0.6 is 0 Å². The largest absolute Gasteiger partial charge is 0.469 e. The van der Waals surface area contributed by atoms with E-state index < -0.39 is 0 Å². The third kappa shape index (κ3) is 2.79. The van der Waals surface area contributed by atoms with Crippen LogP contribution < -0.4 is 5.32 Å². The fraction of sp³-hybridized carbons (Fsp3) is 0.526. The fourth-order valence-electron chi connectivity index (χ4n) is 4.44. The summed E-state index contributed by atoms with van der Waals surface area (Å²) in [5, 5.41) is 2.95. The number of rotatable bonds is 2. The molecule has 1 aliphatic heterocycles. The lowest BCUT2D eigenvalue weighted by Gasteiger charge is -2.24. The highest BCUT2D eigenvalue weighted by atomic mass is 16.6. The number of carbonyl (C=O) groups excluding carboxylic acids is 3. The second-order valence-electron chi connectivity index (χ2n) is 7.39. The molecule has 1 heterocycles. The summed E-state index contributed by atoms with van der Waals surface area (Å²) in [5.41, 5.74) is 2.52. The first-order chi connectivity index (χ1) is 12.0. The Bertz CT molecular complexity index is 758. The highest BCUT2D eigenvalue weighted by Crippen LogP contribution is 2.43. The smallest absolute Gasteiger partial charge is 0.407 e. The van der Waals surface area contributed by atoms with Gasteiger partial charge in [0.2, 0.25) is 0 Å². The Hall–Kier alpha value is -2.37. The number of nitrogens with one attached hydrogen (secondary N) is 1. The van der Waals surface area contributed by atoms with Gasteiger partial charge in [0.1, 0.15) is 6.61 Å². The third-order valence-electron chi connectivity index (χ3n) is 5.79. The molecular weight excluding hydrogens is 322 g/mol. The molecule has 2 aliphatic carbocycles. The third-order valence-corrected chi connectivity index (χ3v) is 5.79. The maximum atomic E-state index is 12.5. The van der Waals surface area contributed by atoms with Crippen molar-refractivity contribution in [3.63, 3.8) is 0 Å². The van der Waals surface area contributed by atoms with Crippen LogP contribution in [0.4, 0.5) is 4.79 Å². The number of ether oxygens (including phenoxy) is 2. The minimum absolute atomic E-state index is 0.00344. The molecule has 6 nitrogen and oxygen atoms in total. The van der Waals surface area contributed by atoms with Crippen molar-refractivity contribution < 1.29 is 23.9 Å². The second-order valence-corrected chi connectivity index (χ2v) is 7.39. The molecule has 25 heavy (non-hydrogen) atoms. The number of methoxy groups -OCH3 is 1. The van der Waals surface area contributed by atoms with Gasteiger partial charge in [-0.25, -0.2) is 4.79 Å². The first kappa shape index (κ1) is 16.1. The topological polar surface area (TPSA) is 81.7 Å². The van der Waals surface area contributed by atoms with Crippen LogP contribution in [0, 0.1) is 5.92 Å². The van der Waals surface area contributed by atoms with E-state index in [1.807, 2.05) is 18.2 Å². The lowest BCUT2D eigenvalue weighted by atomic mass is 9.81. The molecule has 1 unspecified atom stereocenters. The van der Waals surface area contributed by atoms with Gasteiger partial charge in [-0.3, -0.25) is 9.59 Å². The molecule has 1 amide bonds. The maximum absolute atomic E-state index is 12.5. The Morgan fingerprint density at radius 1 is 1.32 bits per heavy atom. The number of amides is 1. The standard InChI is InChI=1S/C19H21NO5/c1-24-17(22)14-6-12-3-2-11(7-15(12)16(21)8-14)13-4-5-19(9-13)10-25-18(23)20-19/h2-3,7,13-14H,4-6,8-10H2,1H3,(H,20,23)/t13-,14?,19+/m0/s1. The molecule has 2 fully saturated rings. The summed E-state index contributed by atoms with van der Waals surface area (Å²) in [6.45, 7) is 0.424. The van der Waals surface area contributed by atoms with Crippen molar-refractivity contribution in [1.29, 1.82) is 0 Å². The van der Waals surface area contributed by atoms with Gasteiger partial charge in [0, 0.05) is 12.0 Å². The average Bonchev–Trinajstić information content (AvgIpc) is 3.20. The van der Waals surface area contributed by atoms with Crippen molar-refractivity contribution in [3.8, 4) is 0 Å². The fourth-order valence-corrected chi connectivity index (χ4v) is 4.44. The van der Waals surface area contributed by atoms with Gasteiger partial charge in [-0.2, -0.15) is 0 Å². The highest BCUT2D eigenvalue weighted by Gasteiger charge is 2.46. The predicted octanol–water partition coefficient (Wildman–Crippen LogP) is 2.35. The van der Waals surface area contributed by atoms with Gasteiger partial charge in [0.05, 0.1) is 18.6 Å². The minimum atomic E-state index is -0.378. The lowest BCUT2D eigenvalue weighted by Crippen LogP contribution is -2.40. The number of Topliss-reactive ketones (excluding diaryl/α,β-unsaturated/α-hetero) is 1. The van der Waals surface area contributed by atoms with Crippen molar-refractivity contribution in [2.75, 3.05) is 13.7 Å². The van der Waals surface area contributed by atoms with Gasteiger partial charge in [-0.05, 0) is 48.8 Å². The number of cyclic esters (lactones) is 1. The van der Waals surface area contributed by atoms with Gasteiger partial charge < -0.3 is 14.8 Å². The number of ketones is 1. The SMILES string of the molecule is COC(=O)C1CC(=O)c2cc([C@H]3CC[C@]4(COC(=O)N4)C3)ccc2C1. The number of hydrogen-bond acceptors (Lipinski definition) is 5. The molecule has 1 saturated carbocycles. The van der Waals surface area contributed by atoms with E-state index in [4.69, 9.17) is 9.47 Å². The van der Waals surface area contributed by atoms with Crippen LogP contribution in [0.3, 0.4) is 0 Å². The van der Waals surface area contributed by atoms with Gasteiger partial charge in [0.15, 0.2) is 5.78 Å². The van der Waals surface area contributed by atoms with E-state index in [2.05, 4.69) is 5.32 Å². The van der Waals surface area contributed by atoms with Crippen LogP contribution in [0.25, 0.3) is 0 Å². The second kappa shape index (κ2) is 5.86. The van der Waals surface area contributed by atoms with Gasteiger partial charge in [-0.1, -0.05) is 12.1 Å². The van der Waals surface area contributed by atoms with E-state index in [1.54, 1.807) is 0 Å². The van der Waals surface area contributed by atoms with E-state index in [9.17, 15) is 14.4 Å². The van der Waals surface area contributed by atoms with Crippen LogP contribution in [-0.4, -0.2) is 37.1 Å². The van der Waals surface area contributed by atoms with Crippen molar-refractivity contribution in [2.24, 2.45) is 5.92 Å². The summed E-state index contributed by atoms with van der Waals surface area (Å²) >= 11 is 0. The van der Waals surface area contributed by atoms with Crippen LogP contribution in [-0.2, 0) is 20.7 Å². The molecule has 132 valence electrons. The number of fused-ring (bicyclic) bond motifs is 1. The molecule has 1 saturated heterocycles. The highest BCUT2D eigenvalue weighted by molar-refractivity contribution is 6.01. The van der Waals surface area contributed by atoms with Gasteiger partial charge >= 0.3 is 12.1 Å². The lowest BCUT2D eigenvalue weighted by molar-refractivity contribution is -0.145. The Labute approximate surface area is 145 Å². The van der Waals surface area contributed by atoms with Crippen molar-refractivity contribution in [1.82, 2.24) is 5.32 Å². The molecule has 6 heteroatoms. The number of esters is 1. The van der Waals surface area contributed by atoms with Crippen LogP contribution in [0.5, 0.6) is 0 Å². The van der Waals surface area contributed by atoms with Crippen molar-refractivity contribution in [2.45, 2.75) is 43.6 Å². The van der Waals surface area contributed by atoms with E-state index in [0.717, 1.165) is 36.0 Å². The summed E-state index contributed by atoms with van der Waals surface area (Å²) in [6.07, 6.45) is 3.10. The zero-order valence-electron chi connectivity index (χ0n) is 14.2. The zero-order valence-corrected chi connectivity index (χ0v) is 14.2. The molecule has 3 aliphatic rings. The molecule has 1 spiro atoms. The van der Waals surface area contributed by atoms with Crippen LogP contribution in [0.1, 0.15) is 53.1 Å². The first-order valence-corrected chi connectivity index (χ1v) is 8.68. The zero-order chi connectivity index (χ0) is 17.6. The van der Waals surface area contributed by atoms with E-state index >= 15 is 0 Å². The summed E-state index contributed by atoms with van der Waals surface area (Å²) in [5.74, 6) is -0.392. The normalized spacial score (nSPS) is 30.8. The quantitative estimate of drug-likeness (QED) is 0.834. The molecule has 0 bridgehead atoms. The van der Waals surface area contributed by atoms with Gasteiger partial charge in [0.25, 0.3) is 0 Å². The maximum Gasteiger partial charge on any atom is 0.407 e. The molecule has 1 aromatic carbocycles. The summed E-state index contributed by atoms with van der Waals surface area (Å²) in [6, 6.07) is 5.99. The van der Waals surface area contributed by atoms with E-state index in [-0.39, 0.29) is 35.7 Å². The van der Waals surface area contributed by atoms with Gasteiger partial charge in [-0.15, -0.1) is 0 Å². The Morgan fingerprint density at radius 3 is 2.88 bits per heavy atom. The van der Waals surface area contributed by atoms with Crippen molar-refractivity contribution >= 4 is 17.8 Å². The monoisotopic (exact) mass is 343 g/mol. The summed E-state index contributed by atoms with van der Waals surface area (Å²) in [7, 11) is 1.35.